The van der Waals surface area contributed by atoms with E-state index in [-0.39, 0.29) is 0 Å². The Balaban J connectivity index is 2.19. The molecule has 0 radical (unpaired) electrons. The topological polar surface area (TPSA) is 47.0 Å². The van der Waals surface area contributed by atoms with E-state index in [2.05, 4.69) is 29.4 Å². The zero-order chi connectivity index (χ0) is 13.7. The van der Waals surface area contributed by atoms with Gasteiger partial charge in [0.25, 0.3) is 0 Å². The summed E-state index contributed by atoms with van der Waals surface area (Å²) in [5.74, 6) is 0.854. The minimum absolute atomic E-state index is 0.300. The summed E-state index contributed by atoms with van der Waals surface area (Å²) >= 11 is 1.65. The molecule has 0 aliphatic carbocycles. The van der Waals surface area contributed by atoms with E-state index in [0.717, 1.165) is 34.3 Å². The van der Waals surface area contributed by atoms with Crippen LogP contribution in [0.25, 0.3) is 10.6 Å². The van der Waals surface area contributed by atoms with Crippen molar-refractivity contribution in [3.63, 3.8) is 0 Å². The summed E-state index contributed by atoms with van der Waals surface area (Å²) in [5, 5.41) is 14.0. The molecule has 2 aromatic rings. The molecule has 0 bridgehead atoms. The molecule has 19 heavy (non-hydrogen) atoms. The Bertz CT molecular complexity index is 510. The van der Waals surface area contributed by atoms with Crippen molar-refractivity contribution in [2.24, 2.45) is 0 Å². The van der Waals surface area contributed by atoms with Gasteiger partial charge in [-0.1, -0.05) is 25.2 Å². The highest BCUT2D eigenvalue weighted by atomic mass is 32.1. The Kier molecular flexibility index (Phi) is 4.87. The molecule has 2 rings (SSSR count). The number of ether oxygens (including phenoxy) is 1. The van der Waals surface area contributed by atoms with Gasteiger partial charge in [-0.2, -0.15) is 0 Å². The van der Waals surface area contributed by atoms with E-state index in [9.17, 15) is 0 Å². The minimum Gasteiger partial charge on any atom is -0.497 e. The first kappa shape index (κ1) is 14.0. The van der Waals surface area contributed by atoms with Gasteiger partial charge in [-0.25, -0.2) is 0 Å². The first-order valence-corrected chi connectivity index (χ1v) is 7.31. The maximum absolute atomic E-state index is 5.16. The lowest BCUT2D eigenvalue weighted by atomic mass is 10.2. The van der Waals surface area contributed by atoms with Crippen molar-refractivity contribution in [2.45, 2.75) is 26.3 Å². The number of methoxy groups -OCH3 is 1. The predicted octanol–water partition coefficient (Wildman–Crippen LogP) is 3.27. The van der Waals surface area contributed by atoms with Gasteiger partial charge in [-0.15, -0.1) is 10.2 Å². The van der Waals surface area contributed by atoms with Crippen LogP contribution in [0.3, 0.4) is 0 Å². The predicted molar refractivity (Wildman–Crippen MR) is 78.6 cm³/mol. The normalized spacial score (nSPS) is 12.4. The van der Waals surface area contributed by atoms with Crippen molar-refractivity contribution in [1.29, 1.82) is 0 Å². The van der Waals surface area contributed by atoms with Crippen molar-refractivity contribution in [1.82, 2.24) is 15.5 Å². The van der Waals surface area contributed by atoms with Gasteiger partial charge in [0.2, 0.25) is 0 Å². The van der Waals surface area contributed by atoms with E-state index in [1.165, 1.54) is 0 Å². The van der Waals surface area contributed by atoms with Crippen molar-refractivity contribution >= 4 is 11.3 Å². The van der Waals surface area contributed by atoms with Gasteiger partial charge in [0.15, 0.2) is 0 Å². The molecule has 0 amide bonds. The van der Waals surface area contributed by atoms with Gasteiger partial charge in [0.05, 0.1) is 13.2 Å². The van der Waals surface area contributed by atoms with E-state index in [4.69, 9.17) is 4.74 Å². The monoisotopic (exact) mass is 277 g/mol. The SMILES string of the molecule is CCNC(CC)c1nnc(-c2ccc(OC)cc2)s1. The van der Waals surface area contributed by atoms with Gasteiger partial charge in [0.1, 0.15) is 15.8 Å². The van der Waals surface area contributed by atoms with Crippen LogP contribution in [-0.2, 0) is 0 Å². The van der Waals surface area contributed by atoms with Crippen molar-refractivity contribution < 1.29 is 4.74 Å². The average Bonchev–Trinajstić information content (AvgIpc) is 2.94. The third-order valence-electron chi connectivity index (χ3n) is 2.93. The Labute approximate surface area is 117 Å². The van der Waals surface area contributed by atoms with Crippen LogP contribution < -0.4 is 10.1 Å². The number of benzene rings is 1. The highest BCUT2D eigenvalue weighted by Gasteiger charge is 2.14. The van der Waals surface area contributed by atoms with Gasteiger partial charge in [-0.3, -0.25) is 0 Å². The van der Waals surface area contributed by atoms with E-state index >= 15 is 0 Å². The first-order valence-electron chi connectivity index (χ1n) is 6.49. The Morgan fingerprint density at radius 3 is 2.53 bits per heavy atom. The zero-order valence-electron chi connectivity index (χ0n) is 11.5. The van der Waals surface area contributed by atoms with Gasteiger partial charge >= 0.3 is 0 Å². The van der Waals surface area contributed by atoms with E-state index in [1.807, 2.05) is 24.3 Å². The smallest absolute Gasteiger partial charge is 0.147 e. The summed E-state index contributed by atoms with van der Waals surface area (Å²) in [7, 11) is 1.67. The molecule has 0 spiro atoms. The molecule has 5 heteroatoms. The van der Waals surface area contributed by atoms with Crippen LogP contribution in [0.5, 0.6) is 5.75 Å². The molecule has 0 saturated carbocycles. The summed E-state index contributed by atoms with van der Waals surface area (Å²) < 4.78 is 5.16. The molecule has 1 heterocycles. The number of aromatic nitrogens is 2. The third-order valence-corrected chi connectivity index (χ3v) is 4.02. The fourth-order valence-corrected chi connectivity index (χ4v) is 2.89. The lowest BCUT2D eigenvalue weighted by molar-refractivity contribution is 0.415. The average molecular weight is 277 g/mol. The number of hydrogen-bond acceptors (Lipinski definition) is 5. The standard InChI is InChI=1S/C14H19N3OS/c1-4-12(15-5-2)14-17-16-13(19-14)10-6-8-11(18-3)9-7-10/h6-9,12,15H,4-5H2,1-3H3. The fraction of sp³-hybridized carbons (Fsp3) is 0.429. The van der Waals surface area contributed by atoms with E-state index in [1.54, 1.807) is 18.4 Å². The molecule has 1 aromatic heterocycles. The Morgan fingerprint density at radius 2 is 1.95 bits per heavy atom. The molecule has 0 aliphatic heterocycles. The summed E-state index contributed by atoms with van der Waals surface area (Å²) in [6.07, 6.45) is 1.02. The van der Waals surface area contributed by atoms with Crippen molar-refractivity contribution in [3.05, 3.63) is 29.3 Å². The molecular weight excluding hydrogens is 258 g/mol. The Hall–Kier alpha value is -1.46. The highest BCUT2D eigenvalue weighted by molar-refractivity contribution is 7.14. The molecule has 1 N–H and O–H groups in total. The van der Waals surface area contributed by atoms with Crippen LogP contribution in [0.4, 0.5) is 0 Å². The van der Waals surface area contributed by atoms with Crippen LogP contribution >= 0.6 is 11.3 Å². The van der Waals surface area contributed by atoms with Crippen molar-refractivity contribution in [2.75, 3.05) is 13.7 Å². The fourth-order valence-electron chi connectivity index (χ4n) is 1.88. The zero-order valence-corrected chi connectivity index (χ0v) is 12.3. The number of nitrogens with one attached hydrogen (secondary N) is 1. The lowest BCUT2D eigenvalue weighted by Crippen LogP contribution is -2.19. The lowest BCUT2D eigenvalue weighted by Gasteiger charge is -2.10. The molecule has 102 valence electrons. The molecular formula is C14H19N3OS. The van der Waals surface area contributed by atoms with Gasteiger partial charge < -0.3 is 10.1 Å². The summed E-state index contributed by atoms with van der Waals surface area (Å²) in [6.45, 7) is 5.20. The summed E-state index contributed by atoms with van der Waals surface area (Å²) in [6, 6.07) is 8.21. The summed E-state index contributed by atoms with van der Waals surface area (Å²) in [4.78, 5) is 0. The number of rotatable bonds is 6. The third kappa shape index (κ3) is 3.30. The van der Waals surface area contributed by atoms with Crippen LogP contribution in [0.15, 0.2) is 24.3 Å². The largest absolute Gasteiger partial charge is 0.497 e. The number of hydrogen-bond donors (Lipinski definition) is 1. The number of nitrogens with zero attached hydrogens (tertiary/aromatic N) is 2. The first-order chi connectivity index (χ1) is 9.28. The maximum Gasteiger partial charge on any atom is 0.147 e. The Morgan fingerprint density at radius 1 is 1.21 bits per heavy atom. The van der Waals surface area contributed by atoms with Crippen LogP contribution in [0.2, 0.25) is 0 Å². The molecule has 0 aliphatic rings. The molecule has 0 saturated heterocycles. The van der Waals surface area contributed by atoms with Crippen molar-refractivity contribution in [3.8, 4) is 16.3 Å². The minimum atomic E-state index is 0.300. The molecule has 1 aromatic carbocycles. The van der Waals surface area contributed by atoms with Gasteiger partial charge in [0, 0.05) is 5.56 Å². The second kappa shape index (κ2) is 6.63. The maximum atomic E-state index is 5.16. The van der Waals surface area contributed by atoms with E-state index in [0.29, 0.717) is 6.04 Å². The van der Waals surface area contributed by atoms with Gasteiger partial charge in [-0.05, 0) is 37.2 Å². The molecule has 1 unspecified atom stereocenters. The van der Waals surface area contributed by atoms with Crippen LogP contribution in [0.1, 0.15) is 31.3 Å². The van der Waals surface area contributed by atoms with Crippen LogP contribution in [0, 0.1) is 0 Å². The quantitative estimate of drug-likeness (QED) is 0.880. The molecule has 1 atom stereocenters. The van der Waals surface area contributed by atoms with E-state index < -0.39 is 0 Å². The highest BCUT2D eigenvalue weighted by Crippen LogP contribution is 2.29. The molecule has 4 nitrogen and oxygen atoms in total. The molecule has 0 fully saturated rings. The van der Waals surface area contributed by atoms with Crippen LogP contribution in [-0.4, -0.2) is 23.9 Å². The second-order valence-electron chi connectivity index (χ2n) is 4.19. The second-order valence-corrected chi connectivity index (χ2v) is 5.20. The summed E-state index contributed by atoms with van der Waals surface area (Å²) in [5.41, 5.74) is 1.08.